The summed E-state index contributed by atoms with van der Waals surface area (Å²) in [7, 11) is 13.2. The van der Waals surface area contributed by atoms with Crippen molar-refractivity contribution in [3.8, 4) is 23.0 Å². The standard InChI is InChI=1S/C33H40N2O9.C21H27NO.ClH/c1-38-19-7-8-20-21-9-10-35-16-18-13-27(44-32(36)17-11-25(39-2)30(41-4)26(12-17)40-3)31(42-5)28(33(37)43-6)22(18)15-24(35)29(21)34-23(20)14-19;1-5-20(23)21(16-17(2)22(3)4,18-12-8-6-9-13-18)19-14-10-7-11-15-19;/h7-8,11-12,14,18,22,24,27-28,31,34H,9-10,13,15-16H2,1-6H3;6-15,17H,5,16H2,1-4H3;1H/t18-,22+,24-,27-,28+,31+;;/m1../s1. The number of ketones is 1. The molecule has 8 rings (SSSR count). The highest BCUT2D eigenvalue weighted by Gasteiger charge is 2.54. The van der Waals surface area contributed by atoms with E-state index in [0.29, 0.717) is 36.1 Å². The number of fused-ring (bicyclic) bond motifs is 6. The van der Waals surface area contributed by atoms with Crippen LogP contribution in [0, 0.1) is 17.8 Å². The maximum Gasteiger partial charge on any atom is 0.338 e. The first-order valence-corrected chi connectivity index (χ1v) is 23.2. The van der Waals surface area contributed by atoms with Gasteiger partial charge in [0.15, 0.2) is 11.5 Å². The predicted molar refractivity (Wildman–Crippen MR) is 265 cm³/mol. The molecule has 1 saturated carbocycles. The van der Waals surface area contributed by atoms with Crippen molar-refractivity contribution in [2.24, 2.45) is 17.8 Å². The lowest BCUT2D eigenvalue weighted by atomic mass is 9.63. The molecule has 13 nitrogen and oxygen atoms in total. The second kappa shape index (κ2) is 22.7. The Bertz CT molecular complexity index is 2430. The fraction of sp³-hybridized carbons (Fsp3) is 0.463. The Labute approximate surface area is 407 Å². The minimum absolute atomic E-state index is 0. The zero-order valence-electron chi connectivity index (χ0n) is 41.0. The Morgan fingerprint density at radius 2 is 1.46 bits per heavy atom. The van der Waals surface area contributed by atoms with Crippen LogP contribution in [0.15, 0.2) is 91.0 Å². The van der Waals surface area contributed by atoms with Gasteiger partial charge in [-0.15, -0.1) is 12.4 Å². The molecule has 2 aliphatic heterocycles. The molecule has 3 heterocycles. The van der Waals surface area contributed by atoms with Gasteiger partial charge in [-0.25, -0.2) is 4.79 Å². The maximum absolute atomic E-state index is 13.5. The second-order valence-electron chi connectivity index (χ2n) is 18.1. The fourth-order valence-corrected chi connectivity index (χ4v) is 11.0. The Balaban J connectivity index is 0.000000269. The van der Waals surface area contributed by atoms with E-state index >= 15 is 0 Å². The Morgan fingerprint density at radius 3 is 1.99 bits per heavy atom. The monoisotopic (exact) mass is 953 g/mol. The predicted octanol–water partition coefficient (Wildman–Crippen LogP) is 8.88. The van der Waals surface area contributed by atoms with Gasteiger partial charge in [0.2, 0.25) is 5.75 Å². The molecule has 7 atom stereocenters. The number of esters is 2. The summed E-state index contributed by atoms with van der Waals surface area (Å²) in [6, 6.07) is 30.1. The van der Waals surface area contributed by atoms with Crippen molar-refractivity contribution in [2.45, 2.75) is 75.7 Å². The summed E-state index contributed by atoms with van der Waals surface area (Å²) in [5, 5.41) is 1.21. The van der Waals surface area contributed by atoms with Crippen LogP contribution in [-0.4, -0.2) is 121 Å². The van der Waals surface area contributed by atoms with Gasteiger partial charge in [0.05, 0.1) is 58.5 Å². The van der Waals surface area contributed by atoms with E-state index < -0.39 is 29.5 Å². The molecule has 1 N–H and O–H groups in total. The maximum atomic E-state index is 13.5. The normalized spacial score (nSPS) is 21.3. The minimum atomic E-state index is -0.670. The number of carbonyl (C=O) groups excluding carboxylic acids is 3. The molecule has 0 bridgehead atoms. The molecule has 0 amide bonds. The van der Waals surface area contributed by atoms with Crippen LogP contribution in [0.2, 0.25) is 0 Å². The first kappa shape index (κ1) is 51.8. The van der Waals surface area contributed by atoms with Crippen LogP contribution in [0.4, 0.5) is 0 Å². The third-order valence-corrected chi connectivity index (χ3v) is 14.6. The number of benzene rings is 4. The van der Waals surface area contributed by atoms with Gasteiger partial charge in [-0.3, -0.25) is 14.5 Å². The van der Waals surface area contributed by atoms with Crippen molar-refractivity contribution < 1.29 is 47.5 Å². The molecule has 1 aromatic heterocycles. The van der Waals surface area contributed by atoms with Crippen LogP contribution in [0.1, 0.15) is 78.3 Å². The van der Waals surface area contributed by atoms with E-state index in [0.717, 1.165) is 54.7 Å². The van der Waals surface area contributed by atoms with Crippen molar-refractivity contribution in [3.05, 3.63) is 119 Å². The Morgan fingerprint density at radius 1 is 0.824 bits per heavy atom. The highest BCUT2D eigenvalue weighted by Crippen LogP contribution is 2.51. The number of ether oxygens (including phenoxy) is 7. The molecule has 14 heteroatoms. The summed E-state index contributed by atoms with van der Waals surface area (Å²) in [6.07, 6.45) is 2.23. The van der Waals surface area contributed by atoms with E-state index in [1.807, 2.05) is 55.5 Å². The number of piperidine rings is 1. The number of hydrogen-bond acceptors (Lipinski definition) is 12. The largest absolute Gasteiger partial charge is 0.497 e. The highest BCUT2D eigenvalue weighted by molar-refractivity contribution is 5.94. The second-order valence-corrected chi connectivity index (χ2v) is 18.1. The van der Waals surface area contributed by atoms with Gasteiger partial charge < -0.3 is 43.0 Å². The van der Waals surface area contributed by atoms with E-state index in [-0.39, 0.29) is 47.6 Å². The van der Waals surface area contributed by atoms with E-state index in [9.17, 15) is 14.4 Å². The van der Waals surface area contributed by atoms with Crippen LogP contribution in [-0.2, 0) is 35.6 Å². The lowest BCUT2D eigenvalue weighted by molar-refractivity contribution is -0.176. The lowest BCUT2D eigenvalue weighted by Gasteiger charge is -2.52. The van der Waals surface area contributed by atoms with Gasteiger partial charge in [0.25, 0.3) is 0 Å². The van der Waals surface area contributed by atoms with Gasteiger partial charge in [0, 0.05) is 55.3 Å². The molecule has 366 valence electrons. The summed E-state index contributed by atoms with van der Waals surface area (Å²) in [4.78, 5) is 48.5. The summed E-state index contributed by atoms with van der Waals surface area (Å²) in [5.74, 6) is 0.722. The van der Waals surface area contributed by atoms with Crippen molar-refractivity contribution in [3.63, 3.8) is 0 Å². The number of nitrogens with one attached hydrogen (secondary N) is 1. The number of nitrogens with zero attached hydrogens (tertiary/aromatic N) is 2. The number of Topliss-reactive ketones (excluding diaryl/α,β-unsaturated/α-hetero) is 1. The molecule has 1 aliphatic carbocycles. The van der Waals surface area contributed by atoms with Gasteiger partial charge in [-0.2, -0.15) is 0 Å². The molecular formula is C54H68ClN3O10. The molecule has 5 aromatic rings. The van der Waals surface area contributed by atoms with Gasteiger partial charge in [0.1, 0.15) is 23.7 Å². The third-order valence-electron chi connectivity index (χ3n) is 14.6. The minimum Gasteiger partial charge on any atom is -0.497 e. The summed E-state index contributed by atoms with van der Waals surface area (Å²) >= 11 is 0. The molecular weight excluding hydrogens is 886 g/mol. The lowest BCUT2D eigenvalue weighted by Crippen LogP contribution is -2.58. The van der Waals surface area contributed by atoms with E-state index in [1.54, 1.807) is 26.4 Å². The van der Waals surface area contributed by atoms with Gasteiger partial charge in [-0.1, -0.05) is 67.6 Å². The summed E-state index contributed by atoms with van der Waals surface area (Å²) in [6.45, 7) is 5.83. The topological polar surface area (TPSA) is 138 Å². The van der Waals surface area contributed by atoms with Crippen molar-refractivity contribution in [1.82, 2.24) is 14.8 Å². The first-order valence-electron chi connectivity index (χ1n) is 23.2. The van der Waals surface area contributed by atoms with Crippen LogP contribution in [0.5, 0.6) is 23.0 Å². The van der Waals surface area contributed by atoms with E-state index in [2.05, 4.69) is 66.1 Å². The average molecular weight is 955 g/mol. The molecule has 4 aromatic carbocycles. The molecule has 2 fully saturated rings. The first-order chi connectivity index (χ1) is 32.4. The zero-order valence-corrected chi connectivity index (χ0v) is 41.9. The number of halogens is 1. The number of methoxy groups -OCH3 is 6. The van der Waals surface area contributed by atoms with Crippen molar-refractivity contribution in [2.75, 3.05) is 69.8 Å². The SMILES string of the molecule is CCC(=O)C(CC(C)N(C)C)(c1ccccc1)c1ccccc1.COC(=O)[C@H]1[C@H]2C[C@@H]3c4[nH]c5cc(OC)ccc5c4CCN3C[C@H]2C[C@@H](OC(=O)c2cc(OC)c(OC)c(OC)c2)[C@@H]1OC.Cl. The average Bonchev–Trinajstić information content (AvgIpc) is 3.74. The van der Waals surface area contributed by atoms with Gasteiger partial charge >= 0.3 is 11.9 Å². The van der Waals surface area contributed by atoms with E-state index in [1.165, 1.54) is 45.1 Å². The van der Waals surface area contributed by atoms with E-state index in [4.69, 9.17) is 33.2 Å². The smallest absolute Gasteiger partial charge is 0.338 e. The molecule has 0 spiro atoms. The number of H-pyrrole nitrogens is 1. The van der Waals surface area contributed by atoms with Crippen molar-refractivity contribution >= 4 is 41.0 Å². The van der Waals surface area contributed by atoms with Crippen LogP contribution in [0.25, 0.3) is 10.9 Å². The van der Waals surface area contributed by atoms with Crippen LogP contribution < -0.4 is 18.9 Å². The molecule has 1 unspecified atom stereocenters. The van der Waals surface area contributed by atoms with Gasteiger partial charge in [-0.05, 0) is 99.5 Å². The molecule has 0 radical (unpaired) electrons. The molecule has 3 aliphatic rings. The summed E-state index contributed by atoms with van der Waals surface area (Å²) < 4.78 is 39.1. The zero-order chi connectivity index (χ0) is 48.0. The fourth-order valence-electron chi connectivity index (χ4n) is 11.0. The van der Waals surface area contributed by atoms with Crippen molar-refractivity contribution in [1.29, 1.82) is 0 Å². The number of rotatable bonds is 15. The van der Waals surface area contributed by atoms with Crippen LogP contribution in [0.3, 0.4) is 0 Å². The number of carbonyl (C=O) groups is 3. The molecule has 1 saturated heterocycles. The number of aromatic nitrogens is 1. The molecule has 68 heavy (non-hydrogen) atoms. The van der Waals surface area contributed by atoms with Crippen LogP contribution >= 0.6 is 12.4 Å². The number of hydrogen-bond donors (Lipinski definition) is 1. The number of aromatic amines is 1. The quantitative estimate of drug-likeness (QED) is 0.100. The highest BCUT2D eigenvalue weighted by atomic mass is 35.5. The Kier molecular flexibility index (Phi) is 17.3. The summed E-state index contributed by atoms with van der Waals surface area (Å²) in [5.41, 5.74) is 5.42. The Hall–Kier alpha value is -5.60. The third kappa shape index (κ3) is 10.1.